The first-order chi connectivity index (χ1) is 9.11. The normalized spacial score (nSPS) is 11.4. The van der Waals surface area contributed by atoms with E-state index in [2.05, 4.69) is 5.10 Å². The zero-order valence-electron chi connectivity index (χ0n) is 10.7. The third-order valence-corrected chi connectivity index (χ3v) is 3.53. The average molecular weight is 278 g/mol. The quantitative estimate of drug-likeness (QED) is 0.695. The van der Waals surface area contributed by atoms with Gasteiger partial charge in [-0.2, -0.15) is 5.10 Å². The van der Waals surface area contributed by atoms with Gasteiger partial charge in [-0.15, -0.1) is 0 Å². The highest BCUT2D eigenvalue weighted by molar-refractivity contribution is 6.31. The molecule has 2 heterocycles. The summed E-state index contributed by atoms with van der Waals surface area (Å²) in [5.74, 6) is -0.392. The third-order valence-electron chi connectivity index (χ3n) is 3.24. The molecule has 0 saturated heterocycles. The van der Waals surface area contributed by atoms with Crippen LogP contribution in [-0.2, 0) is 6.54 Å². The van der Waals surface area contributed by atoms with E-state index < -0.39 is 5.82 Å². The Labute approximate surface area is 115 Å². The SMILES string of the molecule is CCn1cc(-n2c(C)cc3ccc(Cl)c(F)c32)cn1. The summed E-state index contributed by atoms with van der Waals surface area (Å²) in [5.41, 5.74) is 2.29. The number of aromatic nitrogens is 3. The lowest BCUT2D eigenvalue weighted by molar-refractivity contribution is 0.634. The first-order valence-corrected chi connectivity index (χ1v) is 6.48. The summed E-state index contributed by atoms with van der Waals surface area (Å²) >= 11 is 5.88. The maximum Gasteiger partial charge on any atom is 0.166 e. The van der Waals surface area contributed by atoms with Gasteiger partial charge >= 0.3 is 0 Å². The summed E-state index contributed by atoms with van der Waals surface area (Å²) < 4.78 is 17.9. The Morgan fingerprint density at radius 3 is 2.84 bits per heavy atom. The van der Waals surface area contributed by atoms with Crippen LogP contribution in [0.2, 0.25) is 5.02 Å². The van der Waals surface area contributed by atoms with E-state index in [9.17, 15) is 4.39 Å². The van der Waals surface area contributed by atoms with E-state index in [1.165, 1.54) is 0 Å². The Morgan fingerprint density at radius 1 is 1.37 bits per heavy atom. The lowest BCUT2D eigenvalue weighted by Gasteiger charge is -2.06. The molecule has 0 aliphatic carbocycles. The largest absolute Gasteiger partial charge is 0.308 e. The van der Waals surface area contributed by atoms with E-state index in [1.807, 2.05) is 41.4 Å². The van der Waals surface area contributed by atoms with Crippen molar-refractivity contribution in [1.29, 1.82) is 0 Å². The topological polar surface area (TPSA) is 22.8 Å². The fraction of sp³-hybridized carbons (Fsp3) is 0.214. The van der Waals surface area contributed by atoms with Crippen molar-refractivity contribution in [2.24, 2.45) is 0 Å². The van der Waals surface area contributed by atoms with Crippen molar-refractivity contribution in [3.63, 3.8) is 0 Å². The molecule has 1 aromatic carbocycles. The van der Waals surface area contributed by atoms with Crippen LogP contribution in [0.15, 0.2) is 30.6 Å². The van der Waals surface area contributed by atoms with Gasteiger partial charge in [-0.3, -0.25) is 4.68 Å². The Hall–Kier alpha value is -1.81. The second kappa shape index (κ2) is 4.38. The molecule has 0 saturated carbocycles. The Kier molecular flexibility index (Phi) is 2.82. The molecule has 0 aliphatic rings. The van der Waals surface area contributed by atoms with Crippen LogP contribution < -0.4 is 0 Å². The third kappa shape index (κ3) is 1.83. The molecule has 3 rings (SSSR count). The molecule has 5 heteroatoms. The summed E-state index contributed by atoms with van der Waals surface area (Å²) in [5, 5.41) is 5.20. The molecule has 98 valence electrons. The van der Waals surface area contributed by atoms with Crippen LogP contribution >= 0.6 is 11.6 Å². The summed E-state index contributed by atoms with van der Waals surface area (Å²) in [6, 6.07) is 5.35. The highest BCUT2D eigenvalue weighted by Crippen LogP contribution is 2.29. The number of fused-ring (bicyclic) bond motifs is 1. The molecule has 0 amide bonds. The summed E-state index contributed by atoms with van der Waals surface area (Å²) in [6.07, 6.45) is 3.63. The van der Waals surface area contributed by atoms with Crippen molar-refractivity contribution >= 4 is 22.5 Å². The fourth-order valence-corrected chi connectivity index (χ4v) is 2.49. The lowest BCUT2D eigenvalue weighted by atomic mass is 10.2. The van der Waals surface area contributed by atoms with Gasteiger partial charge in [-0.25, -0.2) is 4.39 Å². The maximum absolute atomic E-state index is 14.3. The standard InChI is InChI=1S/C14H13ClFN3/c1-3-18-8-11(7-17-18)19-9(2)6-10-4-5-12(15)13(16)14(10)19/h4-8H,3H2,1-2H3. The van der Waals surface area contributed by atoms with E-state index >= 15 is 0 Å². The number of aryl methyl sites for hydroxylation is 2. The number of rotatable bonds is 2. The van der Waals surface area contributed by atoms with Crippen LogP contribution in [0.1, 0.15) is 12.6 Å². The van der Waals surface area contributed by atoms with Gasteiger partial charge in [0.2, 0.25) is 0 Å². The van der Waals surface area contributed by atoms with Gasteiger partial charge in [0.05, 0.1) is 22.4 Å². The van der Waals surface area contributed by atoms with Gasteiger partial charge in [-0.1, -0.05) is 17.7 Å². The number of halogens is 2. The molecule has 0 fully saturated rings. The number of benzene rings is 1. The summed E-state index contributed by atoms with van der Waals surface area (Å²) in [4.78, 5) is 0. The minimum Gasteiger partial charge on any atom is -0.308 e. The van der Waals surface area contributed by atoms with Crippen LogP contribution in [0, 0.1) is 12.7 Å². The fourth-order valence-electron chi connectivity index (χ4n) is 2.34. The van der Waals surface area contributed by atoms with Crippen molar-refractivity contribution in [3.05, 3.63) is 47.1 Å². The zero-order chi connectivity index (χ0) is 13.6. The number of hydrogen-bond acceptors (Lipinski definition) is 1. The number of hydrogen-bond donors (Lipinski definition) is 0. The Bertz CT molecular complexity index is 757. The number of nitrogens with zero attached hydrogens (tertiary/aromatic N) is 3. The predicted molar refractivity (Wildman–Crippen MR) is 74.4 cm³/mol. The van der Waals surface area contributed by atoms with Crippen LogP contribution in [0.25, 0.3) is 16.6 Å². The molecular formula is C14H13ClFN3. The van der Waals surface area contributed by atoms with Crippen molar-refractivity contribution < 1.29 is 4.39 Å². The van der Waals surface area contributed by atoms with Crippen LogP contribution in [0.4, 0.5) is 4.39 Å². The second-order valence-corrected chi connectivity index (χ2v) is 4.88. The van der Waals surface area contributed by atoms with E-state index in [1.54, 1.807) is 12.3 Å². The van der Waals surface area contributed by atoms with Crippen LogP contribution in [0.5, 0.6) is 0 Å². The van der Waals surface area contributed by atoms with Crippen molar-refractivity contribution in [2.45, 2.75) is 20.4 Å². The van der Waals surface area contributed by atoms with Gasteiger partial charge in [-0.05, 0) is 26.0 Å². The van der Waals surface area contributed by atoms with Gasteiger partial charge in [0, 0.05) is 23.8 Å². The molecule has 3 aromatic rings. The molecule has 2 aromatic heterocycles. The van der Waals surface area contributed by atoms with Crippen molar-refractivity contribution in [2.75, 3.05) is 0 Å². The molecular weight excluding hydrogens is 265 g/mol. The molecule has 19 heavy (non-hydrogen) atoms. The predicted octanol–water partition coefficient (Wildman–Crippen LogP) is 3.95. The van der Waals surface area contributed by atoms with Gasteiger partial charge in [0.25, 0.3) is 0 Å². The summed E-state index contributed by atoms with van der Waals surface area (Å²) in [7, 11) is 0. The lowest BCUT2D eigenvalue weighted by Crippen LogP contribution is -1.97. The van der Waals surface area contributed by atoms with E-state index in [0.717, 1.165) is 23.3 Å². The maximum atomic E-state index is 14.3. The molecule has 0 aliphatic heterocycles. The molecule has 0 atom stereocenters. The van der Waals surface area contributed by atoms with Crippen molar-refractivity contribution in [1.82, 2.24) is 14.3 Å². The van der Waals surface area contributed by atoms with E-state index in [0.29, 0.717) is 5.52 Å². The minimum absolute atomic E-state index is 0.134. The smallest absolute Gasteiger partial charge is 0.166 e. The first-order valence-electron chi connectivity index (χ1n) is 6.10. The second-order valence-electron chi connectivity index (χ2n) is 4.47. The Balaban J connectivity index is 2.33. The van der Waals surface area contributed by atoms with E-state index in [4.69, 9.17) is 11.6 Å². The molecule has 0 radical (unpaired) electrons. The highest BCUT2D eigenvalue weighted by atomic mass is 35.5. The average Bonchev–Trinajstić information content (AvgIpc) is 2.97. The van der Waals surface area contributed by atoms with Crippen LogP contribution in [-0.4, -0.2) is 14.3 Å². The van der Waals surface area contributed by atoms with Gasteiger partial charge in [0.15, 0.2) is 5.82 Å². The monoisotopic (exact) mass is 277 g/mol. The first kappa shape index (κ1) is 12.2. The molecule has 3 nitrogen and oxygen atoms in total. The van der Waals surface area contributed by atoms with Gasteiger partial charge < -0.3 is 4.57 Å². The summed E-state index contributed by atoms with van der Waals surface area (Å²) in [6.45, 7) is 4.73. The van der Waals surface area contributed by atoms with Crippen LogP contribution in [0.3, 0.4) is 0 Å². The molecule has 0 spiro atoms. The minimum atomic E-state index is -0.392. The highest BCUT2D eigenvalue weighted by Gasteiger charge is 2.15. The molecule has 0 N–H and O–H groups in total. The Morgan fingerprint density at radius 2 is 2.16 bits per heavy atom. The van der Waals surface area contributed by atoms with E-state index in [-0.39, 0.29) is 5.02 Å². The van der Waals surface area contributed by atoms with Crippen molar-refractivity contribution in [3.8, 4) is 5.69 Å². The zero-order valence-corrected chi connectivity index (χ0v) is 11.4. The van der Waals surface area contributed by atoms with Gasteiger partial charge in [0.1, 0.15) is 0 Å². The molecule has 0 bridgehead atoms. The molecule has 0 unspecified atom stereocenters.